The van der Waals surface area contributed by atoms with Gasteiger partial charge in [0.15, 0.2) is 0 Å². The van der Waals surface area contributed by atoms with Crippen LogP contribution < -0.4 is 10.6 Å². The Bertz CT molecular complexity index is 671. The van der Waals surface area contributed by atoms with Crippen LogP contribution in [-0.4, -0.2) is 23.7 Å². The third-order valence-corrected chi connectivity index (χ3v) is 4.00. The van der Waals surface area contributed by atoms with E-state index in [4.69, 9.17) is 11.6 Å². The van der Waals surface area contributed by atoms with E-state index in [-0.39, 0.29) is 17.9 Å². The molecular weight excluding hydrogens is 324 g/mol. The lowest BCUT2D eigenvalue weighted by atomic mass is 10.1. The number of hydrogen-bond donors (Lipinski definition) is 3. The topological polar surface area (TPSA) is 61.4 Å². The molecule has 2 aromatic rings. The Morgan fingerprint density at radius 2 is 1.88 bits per heavy atom. The molecule has 0 aliphatic rings. The van der Waals surface area contributed by atoms with E-state index in [0.717, 1.165) is 11.3 Å². The van der Waals surface area contributed by atoms with Gasteiger partial charge in [-0.25, -0.2) is 0 Å². The van der Waals surface area contributed by atoms with Crippen LogP contribution in [0.4, 0.5) is 5.69 Å². The normalized spacial score (nSPS) is 12.2. The van der Waals surface area contributed by atoms with Gasteiger partial charge in [0.25, 0.3) is 5.91 Å². The largest absolute Gasteiger partial charge is 0.392 e. The molecule has 3 N–H and O–H groups in total. The van der Waals surface area contributed by atoms with Crippen molar-refractivity contribution in [3.8, 4) is 0 Å². The van der Waals surface area contributed by atoms with Crippen molar-refractivity contribution in [2.45, 2.75) is 26.5 Å². The van der Waals surface area contributed by atoms with Gasteiger partial charge in [-0.1, -0.05) is 37.6 Å². The summed E-state index contributed by atoms with van der Waals surface area (Å²) in [6, 6.07) is 14.4. The highest BCUT2D eigenvalue weighted by molar-refractivity contribution is 6.30. The molecule has 0 heterocycles. The van der Waals surface area contributed by atoms with E-state index < -0.39 is 0 Å². The average molecular weight is 347 g/mol. The number of benzene rings is 2. The summed E-state index contributed by atoms with van der Waals surface area (Å²) in [5.41, 5.74) is 2.33. The second-order valence-corrected chi connectivity index (χ2v) is 6.54. The number of halogens is 1. The third-order valence-electron chi connectivity index (χ3n) is 3.74. The Hall–Kier alpha value is -1.88. The van der Waals surface area contributed by atoms with Gasteiger partial charge < -0.3 is 15.7 Å². The lowest BCUT2D eigenvalue weighted by Gasteiger charge is -2.15. The van der Waals surface area contributed by atoms with Gasteiger partial charge in [0.1, 0.15) is 0 Å². The van der Waals surface area contributed by atoms with Crippen LogP contribution >= 0.6 is 11.6 Å². The predicted octanol–water partition coefficient (Wildman–Crippen LogP) is 3.70. The molecule has 1 amide bonds. The van der Waals surface area contributed by atoms with Crippen LogP contribution in [-0.2, 0) is 6.54 Å². The van der Waals surface area contributed by atoms with Crippen LogP contribution in [0, 0.1) is 5.92 Å². The number of amides is 1. The number of nitrogens with one attached hydrogen (secondary N) is 2. The first-order valence-electron chi connectivity index (χ1n) is 8.00. The minimum Gasteiger partial charge on any atom is -0.392 e. The van der Waals surface area contributed by atoms with Gasteiger partial charge in [0.05, 0.1) is 6.10 Å². The second-order valence-electron chi connectivity index (χ2n) is 6.10. The van der Waals surface area contributed by atoms with E-state index in [0.29, 0.717) is 23.7 Å². The Kier molecular flexibility index (Phi) is 6.79. The first-order valence-corrected chi connectivity index (χ1v) is 8.38. The van der Waals surface area contributed by atoms with Crippen molar-refractivity contribution in [2.75, 3.05) is 11.9 Å². The fourth-order valence-electron chi connectivity index (χ4n) is 2.16. The fraction of sp³-hybridized carbons (Fsp3) is 0.316. The second kappa shape index (κ2) is 8.83. The van der Waals surface area contributed by atoms with E-state index in [2.05, 4.69) is 10.6 Å². The maximum absolute atomic E-state index is 12.2. The Labute approximate surface area is 147 Å². The average Bonchev–Trinajstić information content (AvgIpc) is 2.55. The number of anilines is 1. The number of carbonyl (C=O) groups excluding carboxylic acids is 1. The minimum atomic E-state index is -0.363. The van der Waals surface area contributed by atoms with Crippen LogP contribution in [0.25, 0.3) is 0 Å². The van der Waals surface area contributed by atoms with E-state index in [9.17, 15) is 9.90 Å². The van der Waals surface area contributed by atoms with Crippen molar-refractivity contribution in [1.82, 2.24) is 5.32 Å². The molecule has 0 aliphatic carbocycles. The molecule has 0 saturated heterocycles. The molecule has 0 aliphatic heterocycles. The number of hydrogen-bond acceptors (Lipinski definition) is 3. The molecule has 5 heteroatoms. The summed E-state index contributed by atoms with van der Waals surface area (Å²) >= 11 is 5.83. The predicted molar refractivity (Wildman–Crippen MR) is 98.4 cm³/mol. The molecule has 0 bridgehead atoms. The summed E-state index contributed by atoms with van der Waals surface area (Å²) in [6.45, 7) is 5.14. The maximum Gasteiger partial charge on any atom is 0.255 e. The summed E-state index contributed by atoms with van der Waals surface area (Å²) < 4.78 is 0. The number of aliphatic hydroxyl groups excluding tert-OH is 1. The highest BCUT2D eigenvalue weighted by Gasteiger charge is 2.09. The highest BCUT2D eigenvalue weighted by atomic mass is 35.5. The molecule has 4 nitrogen and oxygen atoms in total. The van der Waals surface area contributed by atoms with E-state index in [1.807, 2.05) is 38.1 Å². The van der Waals surface area contributed by atoms with Gasteiger partial charge >= 0.3 is 0 Å². The first kappa shape index (κ1) is 18.5. The van der Waals surface area contributed by atoms with Crippen LogP contribution in [0.3, 0.4) is 0 Å². The number of aliphatic hydroxyl groups is 1. The lowest BCUT2D eigenvalue weighted by Crippen LogP contribution is -2.30. The van der Waals surface area contributed by atoms with E-state index in [1.54, 1.807) is 24.3 Å². The van der Waals surface area contributed by atoms with Crippen molar-refractivity contribution in [3.05, 3.63) is 64.7 Å². The van der Waals surface area contributed by atoms with Crippen LogP contribution in [0.1, 0.15) is 29.8 Å². The van der Waals surface area contributed by atoms with Crippen molar-refractivity contribution in [2.24, 2.45) is 5.92 Å². The van der Waals surface area contributed by atoms with Crippen molar-refractivity contribution >= 4 is 23.2 Å². The van der Waals surface area contributed by atoms with E-state index in [1.165, 1.54) is 0 Å². The van der Waals surface area contributed by atoms with Gasteiger partial charge in [-0.15, -0.1) is 0 Å². The maximum atomic E-state index is 12.2. The zero-order chi connectivity index (χ0) is 17.5. The zero-order valence-corrected chi connectivity index (χ0v) is 14.7. The smallest absolute Gasteiger partial charge is 0.255 e. The Morgan fingerprint density at radius 1 is 1.17 bits per heavy atom. The highest BCUT2D eigenvalue weighted by Crippen LogP contribution is 2.14. The van der Waals surface area contributed by atoms with Crippen molar-refractivity contribution in [1.29, 1.82) is 0 Å². The summed E-state index contributed by atoms with van der Waals surface area (Å²) in [7, 11) is 0. The van der Waals surface area contributed by atoms with Gasteiger partial charge in [-0.3, -0.25) is 4.79 Å². The minimum absolute atomic E-state index is 0.174. The third kappa shape index (κ3) is 5.64. The standard InChI is InChI=1S/C19H23ClN2O2/c1-13(2)18(23)12-21-11-14-4-3-5-17(10-14)22-19(24)15-6-8-16(20)9-7-15/h3-10,13,18,21,23H,11-12H2,1-2H3,(H,22,24). The van der Waals surface area contributed by atoms with E-state index >= 15 is 0 Å². The molecule has 0 aromatic heterocycles. The molecule has 0 spiro atoms. The van der Waals surface area contributed by atoms with Gasteiger partial charge in [-0.2, -0.15) is 0 Å². The summed E-state index contributed by atoms with van der Waals surface area (Å²) in [5.74, 6) is 0.0505. The van der Waals surface area contributed by atoms with Gasteiger partial charge in [-0.05, 0) is 47.9 Å². The summed E-state index contributed by atoms with van der Waals surface area (Å²) in [5, 5.41) is 16.5. The van der Waals surface area contributed by atoms with Crippen LogP contribution in [0.5, 0.6) is 0 Å². The Morgan fingerprint density at radius 3 is 2.54 bits per heavy atom. The molecule has 1 atom stereocenters. The van der Waals surface area contributed by atoms with Crippen molar-refractivity contribution in [3.63, 3.8) is 0 Å². The molecule has 128 valence electrons. The lowest BCUT2D eigenvalue weighted by molar-refractivity contribution is 0.102. The van der Waals surface area contributed by atoms with Crippen molar-refractivity contribution < 1.29 is 9.90 Å². The molecule has 24 heavy (non-hydrogen) atoms. The Balaban J connectivity index is 1.92. The molecule has 2 aromatic carbocycles. The first-order chi connectivity index (χ1) is 11.5. The summed E-state index contributed by atoms with van der Waals surface area (Å²) in [4.78, 5) is 12.2. The molecule has 0 saturated carbocycles. The summed E-state index contributed by atoms with van der Waals surface area (Å²) in [6.07, 6.45) is -0.363. The number of carbonyl (C=O) groups is 1. The van der Waals surface area contributed by atoms with Crippen LogP contribution in [0.2, 0.25) is 5.02 Å². The SMILES string of the molecule is CC(C)C(O)CNCc1cccc(NC(=O)c2ccc(Cl)cc2)c1. The molecule has 2 rings (SSSR count). The molecule has 1 unspecified atom stereocenters. The van der Waals surface area contributed by atoms with Gasteiger partial charge in [0.2, 0.25) is 0 Å². The molecule has 0 fully saturated rings. The zero-order valence-electron chi connectivity index (χ0n) is 13.9. The molecule has 0 radical (unpaired) electrons. The fourth-order valence-corrected chi connectivity index (χ4v) is 2.29. The number of rotatable bonds is 7. The van der Waals surface area contributed by atoms with Gasteiger partial charge in [0, 0.05) is 29.4 Å². The quantitative estimate of drug-likeness (QED) is 0.716. The molecular formula is C19H23ClN2O2. The van der Waals surface area contributed by atoms with Crippen LogP contribution in [0.15, 0.2) is 48.5 Å². The monoisotopic (exact) mass is 346 g/mol.